The number of fused-ring (bicyclic) bond motifs is 1. The minimum absolute atomic E-state index is 0.204. The van der Waals surface area contributed by atoms with Crippen LogP contribution in [0.3, 0.4) is 0 Å². The summed E-state index contributed by atoms with van der Waals surface area (Å²) in [5.41, 5.74) is 1.86. The highest BCUT2D eigenvalue weighted by molar-refractivity contribution is 5.97. The van der Waals surface area contributed by atoms with Gasteiger partial charge < -0.3 is 9.47 Å². The molecule has 0 aliphatic carbocycles. The molecule has 0 aromatic heterocycles. The van der Waals surface area contributed by atoms with Crippen LogP contribution in [0.5, 0.6) is 11.5 Å². The average Bonchev–Trinajstić information content (AvgIpc) is 2.76. The summed E-state index contributed by atoms with van der Waals surface area (Å²) in [6.07, 6.45) is 11.7. The predicted octanol–water partition coefficient (Wildman–Crippen LogP) is 7.99. The molecule has 0 radical (unpaired) electrons. The second kappa shape index (κ2) is 13.9. The molecule has 176 valence electrons. The molecular formula is C28H40O4. The SMILES string of the molecule is CCCCCCCC(=O)Oc1cc(C)c(OC(=O)CCCCCCC)c2cc(C)ccc12. The molecule has 2 aromatic rings. The highest BCUT2D eigenvalue weighted by Gasteiger charge is 2.17. The van der Waals surface area contributed by atoms with Gasteiger partial charge in [-0.2, -0.15) is 0 Å². The molecule has 4 nitrogen and oxygen atoms in total. The fourth-order valence-corrected chi connectivity index (χ4v) is 3.92. The normalized spacial score (nSPS) is 11.0. The Labute approximate surface area is 193 Å². The van der Waals surface area contributed by atoms with E-state index in [2.05, 4.69) is 13.8 Å². The van der Waals surface area contributed by atoms with E-state index in [9.17, 15) is 9.59 Å². The van der Waals surface area contributed by atoms with Crippen molar-refractivity contribution >= 4 is 22.7 Å². The van der Waals surface area contributed by atoms with Crippen molar-refractivity contribution in [2.45, 2.75) is 105 Å². The fourth-order valence-electron chi connectivity index (χ4n) is 3.92. The number of carbonyl (C=O) groups excluding carboxylic acids is 2. The maximum absolute atomic E-state index is 12.5. The Kier molecular flexibility index (Phi) is 11.3. The molecule has 32 heavy (non-hydrogen) atoms. The van der Waals surface area contributed by atoms with Gasteiger partial charge in [-0.05, 0) is 44.4 Å². The standard InChI is InChI=1S/C28H40O4/c1-5-7-9-11-13-15-26(29)31-25-20-22(4)28(24-19-21(3)17-18-23(24)25)32-27(30)16-14-12-10-8-6-2/h17-20H,5-16H2,1-4H3. The lowest BCUT2D eigenvalue weighted by Crippen LogP contribution is -2.11. The van der Waals surface area contributed by atoms with E-state index >= 15 is 0 Å². The topological polar surface area (TPSA) is 52.6 Å². The number of rotatable bonds is 14. The van der Waals surface area contributed by atoms with Gasteiger partial charge in [0.25, 0.3) is 0 Å². The molecule has 0 unspecified atom stereocenters. The summed E-state index contributed by atoms with van der Waals surface area (Å²) in [6.45, 7) is 8.26. The molecule has 0 aliphatic heterocycles. The van der Waals surface area contributed by atoms with Crippen LogP contribution in [0.15, 0.2) is 24.3 Å². The molecule has 0 aliphatic rings. The van der Waals surface area contributed by atoms with Crippen LogP contribution in [0.4, 0.5) is 0 Å². The number of carbonyl (C=O) groups is 2. The minimum Gasteiger partial charge on any atom is -0.426 e. The van der Waals surface area contributed by atoms with E-state index in [0.29, 0.717) is 24.3 Å². The Morgan fingerprint density at radius 2 is 1.25 bits per heavy atom. The monoisotopic (exact) mass is 440 g/mol. The van der Waals surface area contributed by atoms with E-state index in [4.69, 9.17) is 9.47 Å². The van der Waals surface area contributed by atoms with Crippen molar-refractivity contribution in [3.8, 4) is 11.5 Å². The number of benzene rings is 2. The lowest BCUT2D eigenvalue weighted by atomic mass is 10.0. The van der Waals surface area contributed by atoms with E-state index in [1.807, 2.05) is 38.1 Å². The Balaban J connectivity index is 2.11. The molecule has 0 spiro atoms. The number of hydrogen-bond acceptors (Lipinski definition) is 4. The molecule has 0 heterocycles. The predicted molar refractivity (Wildman–Crippen MR) is 131 cm³/mol. The van der Waals surface area contributed by atoms with Crippen LogP contribution < -0.4 is 9.47 Å². The van der Waals surface area contributed by atoms with Crippen molar-refractivity contribution in [3.63, 3.8) is 0 Å². The van der Waals surface area contributed by atoms with E-state index in [1.165, 1.54) is 25.7 Å². The summed E-state index contributed by atoms with van der Waals surface area (Å²) in [5, 5.41) is 1.61. The van der Waals surface area contributed by atoms with Gasteiger partial charge in [0.05, 0.1) is 0 Å². The van der Waals surface area contributed by atoms with E-state index in [0.717, 1.165) is 60.4 Å². The zero-order chi connectivity index (χ0) is 23.3. The van der Waals surface area contributed by atoms with Crippen molar-refractivity contribution in [3.05, 3.63) is 35.4 Å². The Morgan fingerprint density at radius 1 is 0.688 bits per heavy atom. The lowest BCUT2D eigenvalue weighted by molar-refractivity contribution is -0.135. The van der Waals surface area contributed by atoms with Crippen molar-refractivity contribution < 1.29 is 19.1 Å². The van der Waals surface area contributed by atoms with Crippen LogP contribution in [-0.4, -0.2) is 11.9 Å². The molecule has 2 aromatic carbocycles. The number of aryl methyl sites for hydroxylation is 2. The molecule has 2 rings (SSSR count). The Bertz CT molecular complexity index is 885. The zero-order valence-electron chi connectivity index (χ0n) is 20.4. The third kappa shape index (κ3) is 8.29. The molecule has 0 atom stereocenters. The first-order valence-corrected chi connectivity index (χ1v) is 12.4. The summed E-state index contributed by atoms with van der Waals surface area (Å²) in [7, 11) is 0. The number of hydrogen-bond donors (Lipinski definition) is 0. The minimum atomic E-state index is -0.209. The first-order chi connectivity index (χ1) is 15.5. The van der Waals surface area contributed by atoms with Crippen LogP contribution >= 0.6 is 0 Å². The van der Waals surface area contributed by atoms with Crippen LogP contribution in [0.1, 0.15) is 102 Å². The van der Waals surface area contributed by atoms with Crippen LogP contribution in [0.2, 0.25) is 0 Å². The number of unbranched alkanes of at least 4 members (excludes halogenated alkanes) is 8. The molecule has 0 bridgehead atoms. The Hall–Kier alpha value is -2.36. The third-order valence-corrected chi connectivity index (χ3v) is 5.80. The Morgan fingerprint density at radius 3 is 1.84 bits per heavy atom. The largest absolute Gasteiger partial charge is 0.426 e. The molecular weight excluding hydrogens is 400 g/mol. The fraction of sp³-hybridized carbons (Fsp3) is 0.571. The summed E-state index contributed by atoms with van der Waals surface area (Å²) in [5.74, 6) is 0.695. The molecule has 0 N–H and O–H groups in total. The molecule has 0 amide bonds. The second-order valence-corrected chi connectivity index (χ2v) is 8.85. The molecule has 0 saturated heterocycles. The van der Waals surface area contributed by atoms with Gasteiger partial charge in [0.15, 0.2) is 0 Å². The van der Waals surface area contributed by atoms with Crippen molar-refractivity contribution in [1.82, 2.24) is 0 Å². The summed E-state index contributed by atoms with van der Waals surface area (Å²) < 4.78 is 11.5. The zero-order valence-corrected chi connectivity index (χ0v) is 20.4. The summed E-state index contributed by atoms with van der Waals surface area (Å²) in [4.78, 5) is 24.9. The third-order valence-electron chi connectivity index (χ3n) is 5.80. The van der Waals surface area contributed by atoms with Gasteiger partial charge in [-0.3, -0.25) is 9.59 Å². The first kappa shape index (κ1) is 25.9. The molecule has 0 saturated carbocycles. The number of esters is 2. The van der Waals surface area contributed by atoms with E-state index in [-0.39, 0.29) is 11.9 Å². The van der Waals surface area contributed by atoms with Crippen LogP contribution in [0, 0.1) is 13.8 Å². The summed E-state index contributed by atoms with van der Waals surface area (Å²) >= 11 is 0. The van der Waals surface area contributed by atoms with Crippen LogP contribution in [-0.2, 0) is 9.59 Å². The average molecular weight is 441 g/mol. The highest BCUT2D eigenvalue weighted by Crippen LogP contribution is 2.37. The van der Waals surface area contributed by atoms with E-state index in [1.54, 1.807) is 0 Å². The van der Waals surface area contributed by atoms with Gasteiger partial charge in [-0.15, -0.1) is 0 Å². The number of ether oxygens (including phenoxy) is 2. The highest BCUT2D eigenvalue weighted by atomic mass is 16.5. The van der Waals surface area contributed by atoms with Gasteiger partial charge >= 0.3 is 11.9 Å². The van der Waals surface area contributed by atoms with Crippen molar-refractivity contribution in [1.29, 1.82) is 0 Å². The molecule has 0 fully saturated rings. The smallest absolute Gasteiger partial charge is 0.311 e. The maximum Gasteiger partial charge on any atom is 0.311 e. The molecule has 4 heteroatoms. The lowest BCUT2D eigenvalue weighted by Gasteiger charge is -2.15. The maximum atomic E-state index is 12.5. The van der Waals surface area contributed by atoms with Gasteiger partial charge in [0, 0.05) is 23.6 Å². The quantitative estimate of drug-likeness (QED) is 0.170. The van der Waals surface area contributed by atoms with Gasteiger partial charge in [-0.1, -0.05) is 82.9 Å². The van der Waals surface area contributed by atoms with Gasteiger partial charge in [-0.25, -0.2) is 0 Å². The first-order valence-electron chi connectivity index (χ1n) is 12.4. The van der Waals surface area contributed by atoms with Crippen LogP contribution in [0.25, 0.3) is 10.8 Å². The second-order valence-electron chi connectivity index (χ2n) is 8.85. The van der Waals surface area contributed by atoms with Gasteiger partial charge in [0.2, 0.25) is 0 Å². The summed E-state index contributed by atoms with van der Waals surface area (Å²) in [6, 6.07) is 7.74. The van der Waals surface area contributed by atoms with E-state index < -0.39 is 0 Å². The van der Waals surface area contributed by atoms with Crippen molar-refractivity contribution in [2.24, 2.45) is 0 Å². The van der Waals surface area contributed by atoms with Crippen molar-refractivity contribution in [2.75, 3.05) is 0 Å². The van der Waals surface area contributed by atoms with Gasteiger partial charge in [0.1, 0.15) is 11.5 Å².